The first-order valence-electron chi connectivity index (χ1n) is 7.14. The lowest BCUT2D eigenvalue weighted by Crippen LogP contribution is -2.40. The van der Waals surface area contributed by atoms with Crippen molar-refractivity contribution in [1.29, 1.82) is 5.26 Å². The summed E-state index contributed by atoms with van der Waals surface area (Å²) in [5.74, 6) is 1.70. The molecule has 1 heterocycles. The molecular formula is C17H21N3O. The fraction of sp³-hybridized carbons (Fsp3) is 0.353. The van der Waals surface area contributed by atoms with Gasteiger partial charge in [0.1, 0.15) is 17.6 Å². The number of hydrogen-bond acceptors (Lipinski definition) is 4. The molecule has 2 rings (SSSR count). The second kappa shape index (κ2) is 6.96. The summed E-state index contributed by atoms with van der Waals surface area (Å²) < 4.78 is 5.78. The summed E-state index contributed by atoms with van der Waals surface area (Å²) >= 11 is 0. The van der Waals surface area contributed by atoms with Crippen molar-refractivity contribution in [2.75, 3.05) is 11.4 Å². The predicted octanol–water partition coefficient (Wildman–Crippen LogP) is 3.40. The van der Waals surface area contributed by atoms with Crippen LogP contribution in [0.3, 0.4) is 0 Å². The van der Waals surface area contributed by atoms with Crippen molar-refractivity contribution in [2.45, 2.75) is 32.4 Å². The maximum atomic E-state index is 8.93. The zero-order valence-corrected chi connectivity index (χ0v) is 12.5. The molecule has 21 heavy (non-hydrogen) atoms. The van der Waals surface area contributed by atoms with Gasteiger partial charge in [0.05, 0.1) is 12.5 Å². The van der Waals surface area contributed by atoms with Gasteiger partial charge in [0.25, 0.3) is 0 Å². The second-order valence-corrected chi connectivity index (χ2v) is 5.19. The molecule has 4 heteroatoms. The van der Waals surface area contributed by atoms with E-state index in [2.05, 4.69) is 11.0 Å². The van der Waals surface area contributed by atoms with E-state index in [1.54, 1.807) is 0 Å². The van der Waals surface area contributed by atoms with Crippen LogP contribution in [0.2, 0.25) is 0 Å². The number of aryl methyl sites for hydroxylation is 1. The molecule has 0 aliphatic carbocycles. The van der Waals surface area contributed by atoms with Gasteiger partial charge < -0.3 is 15.1 Å². The summed E-state index contributed by atoms with van der Waals surface area (Å²) in [4.78, 5) is 2.14. The van der Waals surface area contributed by atoms with Crippen molar-refractivity contribution in [2.24, 2.45) is 5.73 Å². The van der Waals surface area contributed by atoms with Crippen molar-refractivity contribution in [3.8, 4) is 6.07 Å². The molecule has 1 aromatic heterocycles. The van der Waals surface area contributed by atoms with Gasteiger partial charge in [-0.1, -0.05) is 18.2 Å². The number of para-hydroxylation sites is 1. The van der Waals surface area contributed by atoms with E-state index >= 15 is 0 Å². The maximum Gasteiger partial charge on any atom is 0.128 e. The van der Waals surface area contributed by atoms with E-state index in [1.807, 2.05) is 56.3 Å². The van der Waals surface area contributed by atoms with Crippen LogP contribution in [-0.2, 0) is 0 Å². The molecule has 2 atom stereocenters. The van der Waals surface area contributed by atoms with Crippen LogP contribution in [0.4, 0.5) is 5.69 Å². The Morgan fingerprint density at radius 1 is 1.24 bits per heavy atom. The van der Waals surface area contributed by atoms with Gasteiger partial charge in [0, 0.05) is 18.3 Å². The molecule has 1 aromatic carbocycles. The van der Waals surface area contributed by atoms with E-state index < -0.39 is 0 Å². The highest BCUT2D eigenvalue weighted by Crippen LogP contribution is 2.30. The summed E-state index contributed by atoms with van der Waals surface area (Å²) in [5.41, 5.74) is 7.25. The minimum atomic E-state index is -0.116. The van der Waals surface area contributed by atoms with Gasteiger partial charge in [0.15, 0.2) is 0 Å². The summed E-state index contributed by atoms with van der Waals surface area (Å²) in [7, 11) is 0. The molecule has 2 N–H and O–H groups in total. The number of rotatable bonds is 6. The summed E-state index contributed by atoms with van der Waals surface area (Å²) in [5, 5.41) is 8.93. The minimum absolute atomic E-state index is 0.0885. The lowest BCUT2D eigenvalue weighted by Gasteiger charge is -2.34. The van der Waals surface area contributed by atoms with Gasteiger partial charge in [0.2, 0.25) is 0 Å². The van der Waals surface area contributed by atoms with Crippen molar-refractivity contribution in [3.63, 3.8) is 0 Å². The van der Waals surface area contributed by atoms with E-state index in [0.29, 0.717) is 13.0 Å². The highest BCUT2D eigenvalue weighted by Gasteiger charge is 2.27. The molecule has 0 spiro atoms. The Morgan fingerprint density at radius 2 is 1.95 bits per heavy atom. The molecule has 110 valence electrons. The van der Waals surface area contributed by atoms with Crippen molar-refractivity contribution in [1.82, 2.24) is 0 Å². The van der Waals surface area contributed by atoms with E-state index in [-0.39, 0.29) is 12.1 Å². The normalized spacial score (nSPS) is 13.4. The van der Waals surface area contributed by atoms with Gasteiger partial charge in [-0.2, -0.15) is 5.26 Å². The highest BCUT2D eigenvalue weighted by atomic mass is 16.3. The number of furan rings is 1. The van der Waals surface area contributed by atoms with Crippen molar-refractivity contribution >= 4 is 5.69 Å². The second-order valence-electron chi connectivity index (χ2n) is 5.19. The van der Waals surface area contributed by atoms with E-state index in [1.165, 1.54) is 0 Å². The molecular weight excluding hydrogens is 262 g/mol. The average molecular weight is 283 g/mol. The monoisotopic (exact) mass is 283 g/mol. The molecule has 2 unspecified atom stereocenters. The number of nitriles is 1. The molecule has 0 fully saturated rings. The lowest BCUT2D eigenvalue weighted by atomic mass is 10.0. The van der Waals surface area contributed by atoms with Crippen LogP contribution >= 0.6 is 0 Å². The predicted molar refractivity (Wildman–Crippen MR) is 83.9 cm³/mol. The SMILES string of the molecule is Cc1ccc(C(C(C)N)N(CCC#N)c2ccccc2)o1. The summed E-state index contributed by atoms with van der Waals surface area (Å²) in [6, 6.07) is 15.9. The van der Waals surface area contributed by atoms with Crippen LogP contribution in [0.15, 0.2) is 46.9 Å². The number of nitrogens with two attached hydrogens (primary N) is 1. The molecule has 0 saturated carbocycles. The van der Waals surface area contributed by atoms with Crippen molar-refractivity contribution < 1.29 is 4.42 Å². The smallest absolute Gasteiger partial charge is 0.128 e. The zero-order chi connectivity index (χ0) is 15.2. The first-order chi connectivity index (χ1) is 10.1. The van der Waals surface area contributed by atoms with Gasteiger partial charge in [-0.05, 0) is 38.1 Å². The average Bonchev–Trinajstić information content (AvgIpc) is 2.90. The Kier molecular flexibility index (Phi) is 5.02. The number of nitrogens with zero attached hydrogens (tertiary/aromatic N) is 2. The third kappa shape index (κ3) is 3.65. The fourth-order valence-corrected chi connectivity index (χ4v) is 2.53. The Balaban J connectivity index is 2.38. The van der Waals surface area contributed by atoms with Gasteiger partial charge in [-0.25, -0.2) is 0 Å². The van der Waals surface area contributed by atoms with E-state index in [4.69, 9.17) is 15.4 Å². The first kappa shape index (κ1) is 15.1. The topological polar surface area (TPSA) is 66.2 Å². The molecule has 0 aliphatic heterocycles. The zero-order valence-electron chi connectivity index (χ0n) is 12.5. The molecule has 0 saturated heterocycles. The fourth-order valence-electron chi connectivity index (χ4n) is 2.53. The van der Waals surface area contributed by atoms with Crippen LogP contribution in [0, 0.1) is 18.3 Å². The van der Waals surface area contributed by atoms with Gasteiger partial charge in [-0.15, -0.1) is 0 Å². The van der Waals surface area contributed by atoms with Crippen LogP contribution in [0.5, 0.6) is 0 Å². The van der Waals surface area contributed by atoms with Gasteiger partial charge >= 0.3 is 0 Å². The Morgan fingerprint density at radius 3 is 2.48 bits per heavy atom. The molecule has 0 bridgehead atoms. The van der Waals surface area contributed by atoms with Crippen molar-refractivity contribution in [3.05, 3.63) is 54.0 Å². The number of anilines is 1. The third-order valence-electron chi connectivity index (χ3n) is 3.44. The Hall–Kier alpha value is -2.25. The molecule has 0 aliphatic rings. The van der Waals surface area contributed by atoms with Crippen LogP contribution < -0.4 is 10.6 Å². The van der Waals surface area contributed by atoms with E-state index in [0.717, 1.165) is 17.2 Å². The number of benzene rings is 1. The standard InChI is InChI=1S/C17H21N3O/c1-13-9-10-16(21-13)17(14(2)19)20(12-6-11-18)15-7-4-3-5-8-15/h3-5,7-10,14,17H,6,12,19H2,1-2H3. The summed E-state index contributed by atoms with van der Waals surface area (Å²) in [6.45, 7) is 4.50. The molecule has 2 aromatic rings. The Labute approximate surface area is 125 Å². The molecule has 0 amide bonds. The molecule has 0 radical (unpaired) electrons. The summed E-state index contributed by atoms with van der Waals surface area (Å²) in [6.07, 6.45) is 0.442. The number of hydrogen-bond donors (Lipinski definition) is 1. The van der Waals surface area contributed by atoms with Crippen LogP contribution in [0.1, 0.15) is 30.9 Å². The maximum absolute atomic E-state index is 8.93. The lowest BCUT2D eigenvalue weighted by molar-refractivity contribution is 0.401. The van der Waals surface area contributed by atoms with Crippen LogP contribution in [-0.4, -0.2) is 12.6 Å². The molecule has 4 nitrogen and oxygen atoms in total. The Bertz CT molecular complexity index is 598. The largest absolute Gasteiger partial charge is 0.464 e. The van der Waals surface area contributed by atoms with E-state index in [9.17, 15) is 0 Å². The van der Waals surface area contributed by atoms with Gasteiger partial charge in [-0.3, -0.25) is 0 Å². The first-order valence-corrected chi connectivity index (χ1v) is 7.14. The van der Waals surface area contributed by atoms with Crippen LogP contribution in [0.25, 0.3) is 0 Å². The minimum Gasteiger partial charge on any atom is -0.464 e. The quantitative estimate of drug-likeness (QED) is 0.882. The highest BCUT2D eigenvalue weighted by molar-refractivity contribution is 5.48. The third-order valence-corrected chi connectivity index (χ3v) is 3.44.